The van der Waals surface area contributed by atoms with Crippen molar-refractivity contribution in [2.75, 3.05) is 11.9 Å². The quantitative estimate of drug-likeness (QED) is 0.871. The smallest absolute Gasteiger partial charge is 0.256 e. The highest BCUT2D eigenvalue weighted by atomic mass is 16.2. The van der Waals surface area contributed by atoms with Gasteiger partial charge in [0.25, 0.3) is 11.8 Å². The van der Waals surface area contributed by atoms with Gasteiger partial charge in [-0.25, -0.2) is 0 Å². The minimum absolute atomic E-state index is 0.142. The van der Waals surface area contributed by atoms with Crippen LogP contribution in [0.5, 0.6) is 0 Å². The number of para-hydroxylation sites is 1. The van der Waals surface area contributed by atoms with Gasteiger partial charge in [-0.05, 0) is 37.1 Å². The van der Waals surface area contributed by atoms with Crippen molar-refractivity contribution < 1.29 is 14.4 Å². The molecule has 132 valence electrons. The normalized spacial score (nSPS) is 21.9. The van der Waals surface area contributed by atoms with E-state index >= 15 is 0 Å². The van der Waals surface area contributed by atoms with Gasteiger partial charge in [-0.2, -0.15) is 0 Å². The minimum atomic E-state index is -0.579. The first-order valence-corrected chi connectivity index (χ1v) is 8.70. The third-order valence-electron chi connectivity index (χ3n) is 4.95. The number of piperidine rings is 1. The SMILES string of the molecule is O=C(N[C@H]1CCN2C(=O)c3ccccc3NC(=O)[C@@H]2C1)c1ccccc1. The lowest BCUT2D eigenvalue weighted by molar-refractivity contribution is -0.121. The Labute approximate surface area is 151 Å². The van der Waals surface area contributed by atoms with Gasteiger partial charge in [0, 0.05) is 18.2 Å². The number of carbonyl (C=O) groups is 3. The van der Waals surface area contributed by atoms with Crippen LogP contribution in [0.1, 0.15) is 33.6 Å². The zero-order valence-electron chi connectivity index (χ0n) is 14.1. The summed E-state index contributed by atoms with van der Waals surface area (Å²) in [6.07, 6.45) is 1.03. The van der Waals surface area contributed by atoms with Crippen LogP contribution in [0.3, 0.4) is 0 Å². The number of amides is 3. The molecule has 2 atom stereocenters. The zero-order valence-corrected chi connectivity index (χ0v) is 14.1. The van der Waals surface area contributed by atoms with Gasteiger partial charge >= 0.3 is 0 Å². The largest absolute Gasteiger partial charge is 0.349 e. The molecule has 0 radical (unpaired) electrons. The first-order chi connectivity index (χ1) is 12.6. The van der Waals surface area contributed by atoms with E-state index in [-0.39, 0.29) is 23.8 Å². The van der Waals surface area contributed by atoms with E-state index in [2.05, 4.69) is 10.6 Å². The van der Waals surface area contributed by atoms with Crippen LogP contribution in [0.15, 0.2) is 54.6 Å². The highest BCUT2D eigenvalue weighted by Crippen LogP contribution is 2.28. The van der Waals surface area contributed by atoms with Crippen LogP contribution < -0.4 is 10.6 Å². The average Bonchev–Trinajstić information content (AvgIpc) is 2.78. The predicted molar refractivity (Wildman–Crippen MR) is 96.8 cm³/mol. The topological polar surface area (TPSA) is 78.5 Å². The second kappa shape index (κ2) is 6.63. The van der Waals surface area contributed by atoms with Gasteiger partial charge in [-0.1, -0.05) is 30.3 Å². The molecule has 6 heteroatoms. The Hall–Kier alpha value is -3.15. The molecule has 1 saturated heterocycles. The second-order valence-electron chi connectivity index (χ2n) is 6.61. The number of fused-ring (bicyclic) bond motifs is 2. The van der Waals surface area contributed by atoms with Crippen molar-refractivity contribution in [2.45, 2.75) is 24.9 Å². The molecule has 0 bridgehead atoms. The number of anilines is 1. The predicted octanol–water partition coefficient (Wildman–Crippen LogP) is 2.04. The maximum atomic E-state index is 12.8. The third-order valence-corrected chi connectivity index (χ3v) is 4.95. The highest BCUT2D eigenvalue weighted by molar-refractivity contribution is 6.10. The lowest BCUT2D eigenvalue weighted by Gasteiger charge is -2.37. The van der Waals surface area contributed by atoms with E-state index in [1.807, 2.05) is 18.2 Å². The summed E-state index contributed by atoms with van der Waals surface area (Å²) in [6.45, 7) is 0.436. The van der Waals surface area contributed by atoms with Gasteiger partial charge in [0.1, 0.15) is 6.04 Å². The number of nitrogens with one attached hydrogen (secondary N) is 2. The summed E-state index contributed by atoms with van der Waals surface area (Å²) in [7, 11) is 0. The Kier molecular flexibility index (Phi) is 4.16. The fourth-order valence-electron chi connectivity index (χ4n) is 3.60. The van der Waals surface area contributed by atoms with Gasteiger partial charge in [-0.15, -0.1) is 0 Å². The summed E-state index contributed by atoms with van der Waals surface area (Å²) in [5.74, 6) is -0.508. The minimum Gasteiger partial charge on any atom is -0.349 e. The van der Waals surface area contributed by atoms with Crippen LogP contribution in [-0.2, 0) is 4.79 Å². The van der Waals surface area contributed by atoms with E-state index in [1.54, 1.807) is 41.3 Å². The Bertz CT molecular complexity index is 866. The Morgan fingerprint density at radius 1 is 1.04 bits per heavy atom. The zero-order chi connectivity index (χ0) is 18.1. The number of benzene rings is 2. The Morgan fingerprint density at radius 2 is 1.77 bits per heavy atom. The van der Waals surface area contributed by atoms with Crippen LogP contribution in [0, 0.1) is 0 Å². The van der Waals surface area contributed by atoms with Crippen molar-refractivity contribution >= 4 is 23.4 Å². The molecule has 2 N–H and O–H groups in total. The molecule has 2 heterocycles. The molecule has 3 amide bonds. The average molecular weight is 349 g/mol. The standard InChI is InChI=1S/C20H19N3O3/c24-18(13-6-2-1-3-7-13)21-14-10-11-23-17(12-14)19(25)22-16-9-5-4-8-15(16)20(23)26/h1-9,14,17H,10-12H2,(H,21,24)(H,22,25)/t14-,17-/m0/s1. The third kappa shape index (κ3) is 2.94. The maximum absolute atomic E-state index is 12.8. The molecule has 0 unspecified atom stereocenters. The summed E-state index contributed by atoms with van der Waals surface area (Å²) in [5.41, 5.74) is 1.64. The Balaban J connectivity index is 1.51. The van der Waals surface area contributed by atoms with Crippen LogP contribution >= 0.6 is 0 Å². The first kappa shape index (κ1) is 16.3. The van der Waals surface area contributed by atoms with Gasteiger partial charge in [0.2, 0.25) is 5.91 Å². The monoisotopic (exact) mass is 349 g/mol. The van der Waals surface area contributed by atoms with E-state index in [9.17, 15) is 14.4 Å². The van der Waals surface area contributed by atoms with Gasteiger partial charge < -0.3 is 15.5 Å². The summed E-state index contributed by atoms with van der Waals surface area (Å²) in [5, 5.41) is 5.83. The molecule has 0 spiro atoms. The molecule has 0 aliphatic carbocycles. The van der Waals surface area contributed by atoms with Crippen molar-refractivity contribution in [3.05, 3.63) is 65.7 Å². The molecule has 6 nitrogen and oxygen atoms in total. The number of rotatable bonds is 2. The van der Waals surface area contributed by atoms with Crippen molar-refractivity contribution in [3.8, 4) is 0 Å². The van der Waals surface area contributed by atoms with Crippen molar-refractivity contribution in [2.24, 2.45) is 0 Å². The van der Waals surface area contributed by atoms with Crippen molar-refractivity contribution in [1.82, 2.24) is 10.2 Å². The molecule has 4 rings (SSSR count). The molecule has 1 fully saturated rings. The Morgan fingerprint density at radius 3 is 2.58 bits per heavy atom. The van der Waals surface area contributed by atoms with Gasteiger partial charge in [-0.3, -0.25) is 14.4 Å². The molecule has 0 aromatic heterocycles. The fraction of sp³-hybridized carbons (Fsp3) is 0.250. The molecule has 0 saturated carbocycles. The number of hydrogen-bond donors (Lipinski definition) is 2. The number of carbonyl (C=O) groups excluding carboxylic acids is 3. The highest BCUT2D eigenvalue weighted by Gasteiger charge is 2.40. The van der Waals surface area contributed by atoms with E-state index < -0.39 is 6.04 Å². The van der Waals surface area contributed by atoms with Crippen molar-refractivity contribution in [1.29, 1.82) is 0 Å². The lowest BCUT2D eigenvalue weighted by atomic mass is 9.95. The van der Waals surface area contributed by atoms with E-state index in [1.165, 1.54) is 0 Å². The maximum Gasteiger partial charge on any atom is 0.256 e. The number of nitrogens with zero attached hydrogens (tertiary/aromatic N) is 1. The van der Waals surface area contributed by atoms with Crippen molar-refractivity contribution in [3.63, 3.8) is 0 Å². The molecular formula is C20H19N3O3. The molecular weight excluding hydrogens is 330 g/mol. The number of hydrogen-bond acceptors (Lipinski definition) is 3. The summed E-state index contributed by atoms with van der Waals surface area (Å²) >= 11 is 0. The fourth-order valence-corrected chi connectivity index (χ4v) is 3.60. The molecule has 2 aliphatic heterocycles. The van der Waals surface area contributed by atoms with Crippen LogP contribution in [0.4, 0.5) is 5.69 Å². The lowest BCUT2D eigenvalue weighted by Crippen LogP contribution is -2.55. The second-order valence-corrected chi connectivity index (χ2v) is 6.61. The summed E-state index contributed by atoms with van der Waals surface area (Å²) < 4.78 is 0. The van der Waals surface area contributed by atoms with Gasteiger partial charge in [0.15, 0.2) is 0 Å². The molecule has 2 aromatic carbocycles. The van der Waals surface area contributed by atoms with Crippen LogP contribution in [-0.4, -0.2) is 41.2 Å². The molecule has 2 aliphatic rings. The van der Waals surface area contributed by atoms with Crippen LogP contribution in [0.25, 0.3) is 0 Å². The van der Waals surface area contributed by atoms with E-state index in [0.717, 1.165) is 0 Å². The molecule has 26 heavy (non-hydrogen) atoms. The van der Waals surface area contributed by atoms with Gasteiger partial charge in [0.05, 0.1) is 11.3 Å². The first-order valence-electron chi connectivity index (χ1n) is 8.70. The van der Waals surface area contributed by atoms with Crippen LogP contribution in [0.2, 0.25) is 0 Å². The van der Waals surface area contributed by atoms with E-state index in [0.29, 0.717) is 36.2 Å². The summed E-state index contributed by atoms with van der Waals surface area (Å²) in [4.78, 5) is 39.4. The van der Waals surface area contributed by atoms with E-state index in [4.69, 9.17) is 0 Å². The summed E-state index contributed by atoms with van der Waals surface area (Å²) in [6, 6.07) is 15.3. The molecule has 2 aromatic rings.